The fourth-order valence-corrected chi connectivity index (χ4v) is 3.28. The molecule has 1 aliphatic heterocycles. The highest BCUT2D eigenvalue weighted by Gasteiger charge is 2.22. The molecule has 2 aromatic heterocycles. The molecule has 1 aliphatic rings. The van der Waals surface area contributed by atoms with Crippen LogP contribution in [0.5, 0.6) is 0 Å². The van der Waals surface area contributed by atoms with Gasteiger partial charge in [-0.2, -0.15) is 5.10 Å². The number of halogens is 1. The summed E-state index contributed by atoms with van der Waals surface area (Å²) in [5, 5.41) is 11.9. The SMILES string of the molecule is Cn1ncc(N2CCC(Cn3ccnn3)CC2)c(Br)c1=O. The molecule has 0 radical (unpaired) electrons. The van der Waals surface area contributed by atoms with E-state index in [1.807, 2.05) is 10.9 Å². The van der Waals surface area contributed by atoms with Gasteiger partial charge in [0.1, 0.15) is 4.47 Å². The first-order valence-electron chi connectivity index (χ1n) is 6.96. The van der Waals surface area contributed by atoms with E-state index in [1.54, 1.807) is 19.4 Å². The van der Waals surface area contributed by atoms with Crippen LogP contribution in [0.2, 0.25) is 0 Å². The van der Waals surface area contributed by atoms with Gasteiger partial charge in [-0.15, -0.1) is 5.10 Å². The van der Waals surface area contributed by atoms with Gasteiger partial charge in [-0.05, 0) is 34.7 Å². The summed E-state index contributed by atoms with van der Waals surface area (Å²) < 4.78 is 3.82. The third-order valence-electron chi connectivity index (χ3n) is 3.93. The molecule has 0 atom stereocenters. The van der Waals surface area contributed by atoms with Gasteiger partial charge < -0.3 is 4.90 Å². The van der Waals surface area contributed by atoms with E-state index in [1.165, 1.54) is 4.68 Å². The maximum absolute atomic E-state index is 11.9. The standard InChI is InChI=1S/C13H17BrN6O/c1-18-13(21)12(14)11(8-16-18)19-5-2-10(3-6-19)9-20-7-4-15-17-20/h4,7-8,10H,2-3,5-6,9H2,1H3. The highest BCUT2D eigenvalue weighted by atomic mass is 79.9. The second-order valence-corrected chi connectivity index (χ2v) is 6.12. The molecule has 8 heteroatoms. The van der Waals surface area contributed by atoms with E-state index in [-0.39, 0.29) is 5.56 Å². The summed E-state index contributed by atoms with van der Waals surface area (Å²) in [6.07, 6.45) is 7.50. The Hall–Kier alpha value is -1.70. The van der Waals surface area contributed by atoms with Crippen molar-refractivity contribution in [3.63, 3.8) is 0 Å². The molecule has 0 bridgehead atoms. The van der Waals surface area contributed by atoms with Crippen LogP contribution in [0.25, 0.3) is 0 Å². The average Bonchev–Trinajstić information content (AvgIpc) is 2.99. The number of anilines is 1. The Labute approximate surface area is 130 Å². The summed E-state index contributed by atoms with van der Waals surface area (Å²) in [7, 11) is 1.65. The molecule has 0 unspecified atom stereocenters. The number of aromatic nitrogens is 5. The van der Waals surface area contributed by atoms with Gasteiger partial charge >= 0.3 is 0 Å². The molecule has 0 aromatic carbocycles. The Morgan fingerprint density at radius 1 is 1.38 bits per heavy atom. The molecule has 0 N–H and O–H groups in total. The third kappa shape index (κ3) is 2.99. The van der Waals surface area contributed by atoms with Crippen molar-refractivity contribution in [2.24, 2.45) is 13.0 Å². The zero-order valence-corrected chi connectivity index (χ0v) is 13.4. The second kappa shape index (κ2) is 5.97. The van der Waals surface area contributed by atoms with Gasteiger partial charge in [0.15, 0.2) is 0 Å². The monoisotopic (exact) mass is 352 g/mol. The average molecular weight is 353 g/mol. The lowest BCUT2D eigenvalue weighted by atomic mass is 9.96. The van der Waals surface area contributed by atoms with Crippen LogP contribution in [-0.2, 0) is 13.6 Å². The number of hydrogen-bond donors (Lipinski definition) is 0. The van der Waals surface area contributed by atoms with E-state index < -0.39 is 0 Å². The lowest BCUT2D eigenvalue weighted by Gasteiger charge is -2.33. The Morgan fingerprint density at radius 2 is 2.14 bits per heavy atom. The zero-order valence-electron chi connectivity index (χ0n) is 11.8. The van der Waals surface area contributed by atoms with E-state index in [0.717, 1.165) is 38.2 Å². The smallest absolute Gasteiger partial charge is 0.282 e. The fourth-order valence-electron chi connectivity index (χ4n) is 2.67. The van der Waals surface area contributed by atoms with Crippen molar-refractivity contribution in [1.29, 1.82) is 0 Å². The summed E-state index contributed by atoms with van der Waals surface area (Å²) in [6.45, 7) is 2.75. The van der Waals surface area contributed by atoms with E-state index in [9.17, 15) is 4.79 Å². The minimum absolute atomic E-state index is 0.0998. The number of piperidine rings is 1. The first-order chi connectivity index (χ1) is 10.1. The van der Waals surface area contributed by atoms with Crippen molar-refractivity contribution in [3.8, 4) is 0 Å². The van der Waals surface area contributed by atoms with Crippen LogP contribution < -0.4 is 10.5 Å². The summed E-state index contributed by atoms with van der Waals surface area (Å²) in [5.74, 6) is 0.598. The highest BCUT2D eigenvalue weighted by Crippen LogP contribution is 2.27. The van der Waals surface area contributed by atoms with Crippen LogP contribution in [0, 0.1) is 5.92 Å². The summed E-state index contributed by atoms with van der Waals surface area (Å²) in [5.41, 5.74) is 0.787. The van der Waals surface area contributed by atoms with Crippen LogP contribution in [0.15, 0.2) is 27.9 Å². The molecule has 112 valence electrons. The summed E-state index contributed by atoms with van der Waals surface area (Å²) in [6, 6.07) is 0. The van der Waals surface area contributed by atoms with Crippen LogP contribution in [0.4, 0.5) is 5.69 Å². The molecular weight excluding hydrogens is 336 g/mol. The van der Waals surface area contributed by atoms with Crippen molar-refractivity contribution in [2.45, 2.75) is 19.4 Å². The summed E-state index contributed by atoms with van der Waals surface area (Å²) in [4.78, 5) is 14.1. The third-order valence-corrected chi connectivity index (χ3v) is 4.68. The Bertz CT molecular complexity index is 660. The van der Waals surface area contributed by atoms with Crippen LogP contribution in [0.1, 0.15) is 12.8 Å². The number of aryl methyl sites for hydroxylation is 1. The molecule has 0 amide bonds. The predicted molar refractivity (Wildman–Crippen MR) is 82.1 cm³/mol. The van der Waals surface area contributed by atoms with Gasteiger partial charge in [0.2, 0.25) is 0 Å². The van der Waals surface area contributed by atoms with Crippen LogP contribution in [-0.4, -0.2) is 37.9 Å². The lowest BCUT2D eigenvalue weighted by Crippen LogP contribution is -2.36. The lowest BCUT2D eigenvalue weighted by molar-refractivity contribution is 0.338. The molecule has 3 rings (SSSR count). The van der Waals surface area contributed by atoms with Gasteiger partial charge in [0, 0.05) is 32.9 Å². The van der Waals surface area contributed by atoms with Gasteiger partial charge in [-0.25, -0.2) is 4.68 Å². The topological polar surface area (TPSA) is 68.8 Å². The molecule has 0 saturated carbocycles. The Kier molecular flexibility index (Phi) is 4.05. The molecule has 0 spiro atoms. The van der Waals surface area contributed by atoms with Gasteiger partial charge in [0.05, 0.1) is 18.1 Å². The largest absolute Gasteiger partial charge is 0.369 e. The van der Waals surface area contributed by atoms with Crippen LogP contribution >= 0.6 is 15.9 Å². The maximum atomic E-state index is 11.9. The highest BCUT2D eigenvalue weighted by molar-refractivity contribution is 9.10. The van der Waals surface area contributed by atoms with Crippen molar-refractivity contribution in [1.82, 2.24) is 24.8 Å². The van der Waals surface area contributed by atoms with E-state index in [0.29, 0.717) is 10.4 Å². The van der Waals surface area contributed by atoms with Crippen molar-refractivity contribution in [2.75, 3.05) is 18.0 Å². The van der Waals surface area contributed by atoms with Gasteiger partial charge in [0.25, 0.3) is 5.56 Å². The number of rotatable bonds is 3. The van der Waals surface area contributed by atoms with E-state index in [4.69, 9.17) is 0 Å². The first-order valence-corrected chi connectivity index (χ1v) is 7.75. The molecule has 21 heavy (non-hydrogen) atoms. The van der Waals surface area contributed by atoms with Gasteiger partial charge in [-0.1, -0.05) is 5.21 Å². The van der Waals surface area contributed by atoms with E-state index >= 15 is 0 Å². The first kappa shape index (κ1) is 14.2. The maximum Gasteiger partial charge on any atom is 0.282 e. The molecule has 3 heterocycles. The molecular formula is C13H17BrN6O. The Morgan fingerprint density at radius 3 is 2.81 bits per heavy atom. The fraction of sp³-hybridized carbons (Fsp3) is 0.538. The van der Waals surface area contributed by atoms with E-state index in [2.05, 4.69) is 36.2 Å². The quantitative estimate of drug-likeness (QED) is 0.825. The number of nitrogens with zero attached hydrogens (tertiary/aromatic N) is 6. The van der Waals surface area contributed by atoms with Crippen molar-refractivity contribution >= 4 is 21.6 Å². The zero-order chi connectivity index (χ0) is 14.8. The number of hydrogen-bond acceptors (Lipinski definition) is 5. The molecule has 0 aliphatic carbocycles. The van der Waals surface area contributed by atoms with Gasteiger partial charge in [-0.3, -0.25) is 9.48 Å². The molecule has 1 saturated heterocycles. The second-order valence-electron chi connectivity index (χ2n) is 5.33. The molecule has 1 fully saturated rings. The molecule has 7 nitrogen and oxygen atoms in total. The normalized spacial score (nSPS) is 16.4. The Balaban J connectivity index is 1.66. The minimum Gasteiger partial charge on any atom is -0.369 e. The van der Waals surface area contributed by atoms with Crippen molar-refractivity contribution < 1.29 is 0 Å². The van der Waals surface area contributed by atoms with Crippen LogP contribution in [0.3, 0.4) is 0 Å². The predicted octanol–water partition coefficient (Wildman–Crippen LogP) is 1.05. The minimum atomic E-state index is -0.0998. The molecule has 2 aromatic rings. The summed E-state index contributed by atoms with van der Waals surface area (Å²) >= 11 is 3.39. The van der Waals surface area contributed by atoms with Crippen molar-refractivity contribution in [3.05, 3.63) is 33.4 Å².